The maximum absolute atomic E-state index is 6.01. The van der Waals surface area contributed by atoms with Gasteiger partial charge in [-0.3, -0.25) is 4.90 Å². The van der Waals surface area contributed by atoms with E-state index in [1.54, 1.807) is 0 Å². The van der Waals surface area contributed by atoms with Gasteiger partial charge in [-0.1, -0.05) is 106 Å². The Balaban J connectivity index is 1.94. The average Bonchev–Trinajstić information content (AvgIpc) is 2.77. The van der Waals surface area contributed by atoms with E-state index in [9.17, 15) is 0 Å². The van der Waals surface area contributed by atoms with E-state index in [-0.39, 0.29) is 0 Å². The first-order valence-corrected chi connectivity index (χ1v) is 12.3. The normalized spacial score (nSPS) is 12.0. The van der Waals surface area contributed by atoms with Gasteiger partial charge in [-0.15, -0.1) is 0 Å². The van der Waals surface area contributed by atoms with Gasteiger partial charge in [-0.05, 0) is 67.3 Å². The van der Waals surface area contributed by atoms with Crippen LogP contribution in [0.2, 0.25) is 5.02 Å². The van der Waals surface area contributed by atoms with Crippen molar-refractivity contribution in [3.63, 3.8) is 0 Å². The van der Waals surface area contributed by atoms with Crippen LogP contribution >= 0.6 is 11.6 Å². The fraction of sp³-hybridized carbons (Fsp3) is 0.500. The van der Waals surface area contributed by atoms with Gasteiger partial charge >= 0.3 is 0 Å². The molecule has 0 fully saturated rings. The number of rotatable bonds is 14. The summed E-state index contributed by atoms with van der Waals surface area (Å²) < 4.78 is 0. The lowest BCUT2D eigenvalue weighted by atomic mass is 10.0. The lowest BCUT2D eigenvalue weighted by Gasteiger charge is -2.21. The summed E-state index contributed by atoms with van der Waals surface area (Å²) in [6.07, 6.45) is 13.1. The van der Waals surface area contributed by atoms with E-state index in [0.29, 0.717) is 0 Å². The van der Waals surface area contributed by atoms with E-state index >= 15 is 0 Å². The second kappa shape index (κ2) is 14.4. The molecule has 164 valence electrons. The smallest absolute Gasteiger partial charge is 0.0406 e. The molecule has 0 amide bonds. The van der Waals surface area contributed by atoms with Gasteiger partial charge in [0.05, 0.1) is 0 Å². The van der Waals surface area contributed by atoms with Crippen molar-refractivity contribution >= 4 is 17.2 Å². The van der Waals surface area contributed by atoms with Crippen molar-refractivity contribution in [3.05, 3.63) is 65.2 Å². The molecule has 0 bridgehead atoms. The minimum atomic E-state index is 0.781. The Bertz CT molecular complexity index is 718. The molecule has 0 aliphatic rings. The molecule has 2 heteroatoms. The molecular weight excluding hydrogens is 386 g/mol. The monoisotopic (exact) mass is 425 g/mol. The van der Waals surface area contributed by atoms with E-state index in [2.05, 4.69) is 68.1 Å². The molecule has 0 heterocycles. The molecule has 0 atom stereocenters. The molecule has 0 unspecified atom stereocenters. The minimum Gasteiger partial charge on any atom is -0.300 e. The molecule has 1 nitrogen and oxygen atoms in total. The molecule has 0 aliphatic heterocycles. The van der Waals surface area contributed by atoms with Crippen molar-refractivity contribution in [2.24, 2.45) is 0 Å². The summed E-state index contributed by atoms with van der Waals surface area (Å²) in [7, 11) is 0. The highest BCUT2D eigenvalue weighted by Crippen LogP contribution is 2.24. The molecule has 0 saturated heterocycles. The van der Waals surface area contributed by atoms with Crippen molar-refractivity contribution in [2.45, 2.75) is 72.1 Å². The topological polar surface area (TPSA) is 3.24 Å². The predicted octanol–water partition coefficient (Wildman–Crippen LogP) is 8.87. The van der Waals surface area contributed by atoms with E-state index < -0.39 is 0 Å². The number of hydrogen-bond donors (Lipinski definition) is 0. The number of unbranched alkanes of at least 4 members (excludes halogenated alkanes) is 6. The largest absolute Gasteiger partial charge is 0.300 e. The highest BCUT2D eigenvalue weighted by atomic mass is 35.5. The lowest BCUT2D eigenvalue weighted by Crippen LogP contribution is -2.26. The van der Waals surface area contributed by atoms with Gasteiger partial charge in [0.1, 0.15) is 0 Å². The third kappa shape index (κ3) is 9.06. The van der Waals surface area contributed by atoms with Crippen LogP contribution < -0.4 is 0 Å². The van der Waals surface area contributed by atoms with Gasteiger partial charge in [0.15, 0.2) is 0 Å². The summed E-state index contributed by atoms with van der Waals surface area (Å²) in [6, 6.07) is 17.0. The maximum atomic E-state index is 6.01. The van der Waals surface area contributed by atoms with Crippen LogP contribution in [0.5, 0.6) is 0 Å². The Morgan fingerprint density at radius 2 is 1.23 bits per heavy atom. The van der Waals surface area contributed by atoms with Crippen LogP contribution in [0.1, 0.15) is 77.7 Å². The highest BCUT2D eigenvalue weighted by Gasteiger charge is 2.05. The van der Waals surface area contributed by atoms with Gasteiger partial charge in [-0.2, -0.15) is 0 Å². The van der Waals surface area contributed by atoms with E-state index in [1.807, 2.05) is 12.1 Å². The van der Waals surface area contributed by atoms with Crippen LogP contribution in [0.15, 0.2) is 54.6 Å². The molecule has 0 N–H and O–H groups in total. The zero-order chi connectivity index (χ0) is 21.6. The third-order valence-electron chi connectivity index (χ3n) is 5.83. The average molecular weight is 426 g/mol. The van der Waals surface area contributed by atoms with Gasteiger partial charge in [0.25, 0.3) is 0 Å². The second-order valence-electron chi connectivity index (χ2n) is 8.39. The molecule has 2 aromatic carbocycles. The Kier molecular flexibility index (Phi) is 11.9. The molecule has 0 spiro atoms. The highest BCUT2D eigenvalue weighted by molar-refractivity contribution is 6.30. The summed E-state index contributed by atoms with van der Waals surface area (Å²) in [4.78, 5) is 2.65. The predicted molar refractivity (Wildman–Crippen MR) is 135 cm³/mol. The van der Waals surface area contributed by atoms with Crippen LogP contribution in [0.25, 0.3) is 16.7 Å². The molecule has 0 radical (unpaired) electrons. The number of allylic oxidation sites excluding steroid dienone is 1. The first kappa shape index (κ1) is 24.7. The molecule has 0 saturated carbocycles. The molecule has 2 aromatic rings. The third-order valence-corrected chi connectivity index (χ3v) is 6.08. The Morgan fingerprint density at radius 1 is 0.733 bits per heavy atom. The van der Waals surface area contributed by atoms with E-state index in [0.717, 1.165) is 11.6 Å². The van der Waals surface area contributed by atoms with Crippen molar-refractivity contribution in [1.82, 2.24) is 4.90 Å². The summed E-state index contributed by atoms with van der Waals surface area (Å²) in [5, 5.41) is 0.781. The van der Waals surface area contributed by atoms with Crippen molar-refractivity contribution in [1.29, 1.82) is 0 Å². The van der Waals surface area contributed by atoms with Crippen LogP contribution in [0.3, 0.4) is 0 Å². The first-order valence-electron chi connectivity index (χ1n) is 11.9. The second-order valence-corrected chi connectivity index (χ2v) is 8.83. The van der Waals surface area contributed by atoms with Crippen molar-refractivity contribution < 1.29 is 0 Å². The van der Waals surface area contributed by atoms with Gasteiger partial charge in [0.2, 0.25) is 0 Å². The Hall–Kier alpha value is -1.57. The van der Waals surface area contributed by atoms with Gasteiger partial charge in [0, 0.05) is 11.6 Å². The molecule has 0 aromatic heterocycles. The zero-order valence-corrected chi connectivity index (χ0v) is 20.1. The van der Waals surface area contributed by atoms with Crippen LogP contribution in [-0.4, -0.2) is 24.5 Å². The number of hydrogen-bond acceptors (Lipinski definition) is 1. The quantitative estimate of drug-likeness (QED) is 0.273. The number of halogens is 1. The van der Waals surface area contributed by atoms with E-state index in [4.69, 9.17) is 11.6 Å². The molecule has 30 heavy (non-hydrogen) atoms. The minimum absolute atomic E-state index is 0.781. The number of benzene rings is 2. The van der Waals surface area contributed by atoms with Crippen LogP contribution in [0, 0.1) is 0 Å². The van der Waals surface area contributed by atoms with Crippen molar-refractivity contribution in [2.75, 3.05) is 19.6 Å². The molecular formula is C28H40ClN. The van der Waals surface area contributed by atoms with Crippen LogP contribution in [0.4, 0.5) is 0 Å². The van der Waals surface area contributed by atoms with Gasteiger partial charge < -0.3 is 0 Å². The fourth-order valence-electron chi connectivity index (χ4n) is 3.77. The van der Waals surface area contributed by atoms with E-state index in [1.165, 1.54) is 86.7 Å². The SMILES string of the molecule is CCCCCCN(C/C=C(/C)c1ccc(-c2ccc(Cl)cc2)cc1)CCCCCC. The summed E-state index contributed by atoms with van der Waals surface area (Å²) in [5.41, 5.74) is 5.11. The fourth-order valence-corrected chi connectivity index (χ4v) is 3.90. The standard InChI is InChI=1S/C28H40ClN/c1-4-6-8-10-21-30(22-11-9-7-5-2)23-20-24(3)25-12-14-26(15-13-25)27-16-18-28(29)19-17-27/h12-20H,4-11,21-23H2,1-3H3/b24-20-. The maximum Gasteiger partial charge on any atom is 0.0406 e. The summed E-state index contributed by atoms with van der Waals surface area (Å²) in [6.45, 7) is 10.3. The Labute approximate surface area is 190 Å². The van der Waals surface area contributed by atoms with Crippen LogP contribution in [-0.2, 0) is 0 Å². The lowest BCUT2D eigenvalue weighted by molar-refractivity contribution is 0.287. The molecule has 0 aliphatic carbocycles. The zero-order valence-electron chi connectivity index (χ0n) is 19.3. The first-order chi connectivity index (χ1) is 14.6. The van der Waals surface area contributed by atoms with Gasteiger partial charge in [-0.25, -0.2) is 0 Å². The Morgan fingerprint density at radius 3 is 1.73 bits per heavy atom. The number of nitrogens with zero attached hydrogens (tertiary/aromatic N) is 1. The van der Waals surface area contributed by atoms with Crippen molar-refractivity contribution in [3.8, 4) is 11.1 Å². The summed E-state index contributed by atoms with van der Waals surface area (Å²) >= 11 is 6.01. The summed E-state index contributed by atoms with van der Waals surface area (Å²) in [5.74, 6) is 0. The molecule has 2 rings (SSSR count).